The number of carbonyl (C=O) groups is 1. The van der Waals surface area contributed by atoms with Crippen LogP contribution in [0, 0.1) is 0 Å². The van der Waals surface area contributed by atoms with Crippen molar-refractivity contribution in [2.45, 2.75) is 6.61 Å². The van der Waals surface area contributed by atoms with Gasteiger partial charge < -0.3 is 13.6 Å². The summed E-state index contributed by atoms with van der Waals surface area (Å²) in [5.74, 6) is 0.248. The third-order valence-corrected chi connectivity index (χ3v) is 3.46. The summed E-state index contributed by atoms with van der Waals surface area (Å²) in [5, 5.41) is 8.53. The van der Waals surface area contributed by atoms with Crippen molar-refractivity contribution in [3.05, 3.63) is 64.2 Å². The minimum absolute atomic E-state index is 0.148. The van der Waals surface area contributed by atoms with E-state index in [-0.39, 0.29) is 18.4 Å². The van der Waals surface area contributed by atoms with Crippen LogP contribution in [0.1, 0.15) is 11.5 Å². The SMILES string of the molecule is O=C(/C=C/c1ccc(Cl)cc1Cl)OCc1nnc(-c2ccco2)o1. The minimum Gasteiger partial charge on any atom is -0.459 e. The molecule has 0 spiro atoms. The Labute approximate surface area is 146 Å². The Morgan fingerprint density at radius 1 is 1.25 bits per heavy atom. The summed E-state index contributed by atoms with van der Waals surface area (Å²) in [6.45, 7) is -0.148. The molecule has 0 unspecified atom stereocenters. The molecule has 0 amide bonds. The second kappa shape index (κ2) is 7.33. The third-order valence-electron chi connectivity index (χ3n) is 2.90. The maximum atomic E-state index is 11.7. The van der Waals surface area contributed by atoms with Crippen molar-refractivity contribution >= 4 is 35.2 Å². The topological polar surface area (TPSA) is 78.4 Å². The molecule has 0 atom stereocenters. The first kappa shape index (κ1) is 16.3. The van der Waals surface area contributed by atoms with Crippen molar-refractivity contribution in [1.29, 1.82) is 0 Å². The lowest BCUT2D eigenvalue weighted by Gasteiger charge is -1.99. The van der Waals surface area contributed by atoms with E-state index in [1.165, 1.54) is 18.4 Å². The smallest absolute Gasteiger partial charge is 0.331 e. The van der Waals surface area contributed by atoms with Crippen LogP contribution in [0.15, 0.2) is 51.5 Å². The highest BCUT2D eigenvalue weighted by molar-refractivity contribution is 6.35. The molecular formula is C16H10Cl2N2O4. The fourth-order valence-corrected chi connectivity index (χ4v) is 2.26. The number of aromatic nitrogens is 2. The standard InChI is InChI=1S/C16H10Cl2N2O4/c17-11-5-3-10(12(18)8-11)4-6-15(21)23-9-14-19-20-16(24-14)13-2-1-7-22-13/h1-8H,9H2/b6-4+. The number of carbonyl (C=O) groups excluding carboxylic acids is 1. The molecule has 3 aromatic rings. The monoisotopic (exact) mass is 364 g/mol. The zero-order valence-corrected chi connectivity index (χ0v) is 13.6. The van der Waals surface area contributed by atoms with Gasteiger partial charge in [-0.15, -0.1) is 10.2 Å². The lowest BCUT2D eigenvalue weighted by atomic mass is 10.2. The molecule has 8 heteroatoms. The Morgan fingerprint density at radius 3 is 2.88 bits per heavy atom. The Morgan fingerprint density at radius 2 is 2.12 bits per heavy atom. The van der Waals surface area contributed by atoms with Crippen LogP contribution in [-0.4, -0.2) is 16.2 Å². The normalized spacial score (nSPS) is 11.1. The second-order valence-corrected chi connectivity index (χ2v) is 5.43. The first-order valence-electron chi connectivity index (χ1n) is 6.78. The van der Waals surface area contributed by atoms with Gasteiger partial charge in [-0.25, -0.2) is 4.79 Å². The van der Waals surface area contributed by atoms with Gasteiger partial charge in [-0.2, -0.15) is 0 Å². The van der Waals surface area contributed by atoms with E-state index in [2.05, 4.69) is 10.2 Å². The molecule has 0 N–H and O–H groups in total. The summed E-state index contributed by atoms with van der Waals surface area (Å²) in [5.41, 5.74) is 0.649. The van der Waals surface area contributed by atoms with Crippen LogP contribution in [0.5, 0.6) is 0 Å². The quantitative estimate of drug-likeness (QED) is 0.493. The molecule has 0 saturated heterocycles. The van der Waals surface area contributed by atoms with E-state index in [1.54, 1.807) is 30.3 Å². The first-order valence-corrected chi connectivity index (χ1v) is 7.53. The number of halogens is 2. The van der Waals surface area contributed by atoms with Crippen molar-refractivity contribution in [2.24, 2.45) is 0 Å². The molecule has 6 nitrogen and oxygen atoms in total. The van der Waals surface area contributed by atoms with Crippen molar-refractivity contribution in [1.82, 2.24) is 10.2 Å². The summed E-state index contributed by atoms with van der Waals surface area (Å²) in [7, 11) is 0. The number of ether oxygens (including phenoxy) is 1. The van der Waals surface area contributed by atoms with Crippen molar-refractivity contribution in [2.75, 3.05) is 0 Å². The van der Waals surface area contributed by atoms with Gasteiger partial charge >= 0.3 is 5.97 Å². The van der Waals surface area contributed by atoms with Gasteiger partial charge in [0.2, 0.25) is 0 Å². The van der Waals surface area contributed by atoms with Gasteiger partial charge in [0.25, 0.3) is 11.8 Å². The van der Waals surface area contributed by atoms with Crippen LogP contribution in [-0.2, 0) is 16.1 Å². The summed E-state index contributed by atoms with van der Waals surface area (Å²) in [4.78, 5) is 11.7. The highest BCUT2D eigenvalue weighted by Gasteiger charge is 2.11. The van der Waals surface area contributed by atoms with Gasteiger partial charge in [-0.05, 0) is 35.9 Å². The average Bonchev–Trinajstić information content (AvgIpc) is 3.23. The zero-order valence-electron chi connectivity index (χ0n) is 12.1. The Bertz CT molecular complexity index is 872. The van der Waals surface area contributed by atoms with E-state index in [0.29, 0.717) is 21.4 Å². The molecule has 2 aromatic heterocycles. The first-order chi connectivity index (χ1) is 11.6. The van der Waals surface area contributed by atoms with E-state index in [4.69, 9.17) is 36.8 Å². The van der Waals surface area contributed by atoms with Crippen LogP contribution < -0.4 is 0 Å². The molecular weight excluding hydrogens is 355 g/mol. The summed E-state index contributed by atoms with van der Waals surface area (Å²) in [6.07, 6.45) is 4.27. The zero-order chi connectivity index (χ0) is 16.9. The number of nitrogens with zero attached hydrogens (tertiary/aromatic N) is 2. The summed E-state index contributed by atoms with van der Waals surface area (Å²) >= 11 is 11.8. The maximum Gasteiger partial charge on any atom is 0.331 e. The van der Waals surface area contributed by atoms with E-state index in [0.717, 1.165) is 0 Å². The van der Waals surface area contributed by atoms with Gasteiger partial charge in [0.15, 0.2) is 12.4 Å². The molecule has 2 heterocycles. The third kappa shape index (κ3) is 4.04. The number of rotatable bonds is 5. The molecule has 1 aromatic carbocycles. The van der Waals surface area contributed by atoms with Gasteiger partial charge in [-0.3, -0.25) is 0 Å². The van der Waals surface area contributed by atoms with Crippen molar-refractivity contribution in [3.8, 4) is 11.7 Å². The molecule has 0 radical (unpaired) electrons. The van der Waals surface area contributed by atoms with Crippen LogP contribution in [0.4, 0.5) is 0 Å². The second-order valence-electron chi connectivity index (χ2n) is 4.59. The predicted molar refractivity (Wildman–Crippen MR) is 87.3 cm³/mol. The molecule has 24 heavy (non-hydrogen) atoms. The van der Waals surface area contributed by atoms with Gasteiger partial charge in [0.05, 0.1) is 6.26 Å². The lowest BCUT2D eigenvalue weighted by molar-refractivity contribution is -0.139. The predicted octanol–water partition coefficient (Wildman–Crippen LogP) is 4.39. The molecule has 0 aliphatic heterocycles. The largest absolute Gasteiger partial charge is 0.459 e. The summed E-state index contributed by atoms with van der Waals surface area (Å²) in [6, 6.07) is 8.34. The van der Waals surface area contributed by atoms with Gasteiger partial charge in [0.1, 0.15) is 0 Å². The lowest BCUT2D eigenvalue weighted by Crippen LogP contribution is -2.00. The van der Waals surface area contributed by atoms with Crippen LogP contribution in [0.3, 0.4) is 0 Å². The number of furan rings is 1. The fourth-order valence-electron chi connectivity index (χ4n) is 1.79. The number of esters is 1. The molecule has 0 aliphatic carbocycles. The van der Waals surface area contributed by atoms with E-state index < -0.39 is 5.97 Å². The van der Waals surface area contributed by atoms with Crippen LogP contribution >= 0.6 is 23.2 Å². The molecule has 0 bridgehead atoms. The molecule has 0 fully saturated rings. The van der Waals surface area contributed by atoms with Crippen molar-refractivity contribution < 1.29 is 18.4 Å². The Hall–Kier alpha value is -2.57. The minimum atomic E-state index is -0.571. The molecule has 0 aliphatic rings. The maximum absolute atomic E-state index is 11.7. The average molecular weight is 365 g/mol. The Balaban J connectivity index is 1.57. The van der Waals surface area contributed by atoms with Crippen LogP contribution in [0.25, 0.3) is 17.7 Å². The summed E-state index contributed by atoms with van der Waals surface area (Å²) < 4.78 is 15.5. The van der Waals surface area contributed by atoms with Gasteiger partial charge in [0, 0.05) is 16.1 Å². The molecule has 122 valence electrons. The van der Waals surface area contributed by atoms with E-state index in [9.17, 15) is 4.79 Å². The highest BCUT2D eigenvalue weighted by Crippen LogP contribution is 2.22. The number of benzene rings is 1. The van der Waals surface area contributed by atoms with Crippen LogP contribution in [0.2, 0.25) is 10.0 Å². The number of hydrogen-bond acceptors (Lipinski definition) is 6. The van der Waals surface area contributed by atoms with Gasteiger partial charge in [-0.1, -0.05) is 29.3 Å². The molecule has 3 rings (SSSR count). The van der Waals surface area contributed by atoms with E-state index >= 15 is 0 Å². The van der Waals surface area contributed by atoms with Crippen molar-refractivity contribution in [3.63, 3.8) is 0 Å². The number of hydrogen-bond donors (Lipinski definition) is 0. The van der Waals surface area contributed by atoms with E-state index in [1.807, 2.05) is 0 Å². The molecule has 0 saturated carbocycles. The Kier molecular flexibility index (Phi) is 4.98. The highest BCUT2D eigenvalue weighted by atomic mass is 35.5. The fraction of sp³-hybridized carbons (Fsp3) is 0.0625.